The van der Waals surface area contributed by atoms with Crippen molar-refractivity contribution < 1.29 is 38.6 Å². The molecule has 2 saturated heterocycles. The predicted octanol–water partition coefficient (Wildman–Crippen LogP) is 2.12. The molecule has 1 aromatic carbocycles. The summed E-state index contributed by atoms with van der Waals surface area (Å²) in [5.41, 5.74) is 0.941. The first kappa shape index (κ1) is 31.9. The number of ether oxygens (including phenoxy) is 2. The van der Waals surface area contributed by atoms with Gasteiger partial charge < -0.3 is 35.0 Å². The number of carbonyl (C=O) groups excluding carboxylic acids is 4. The number of nitrogens with zero attached hydrogens (tertiary/aromatic N) is 2. The van der Waals surface area contributed by atoms with E-state index < -0.39 is 30.4 Å². The van der Waals surface area contributed by atoms with Crippen LogP contribution in [0.15, 0.2) is 30.3 Å². The molecule has 3 rings (SSSR count). The van der Waals surface area contributed by atoms with Crippen LogP contribution in [0.4, 0.5) is 4.79 Å². The van der Waals surface area contributed by atoms with Gasteiger partial charge in [0.25, 0.3) is 0 Å². The summed E-state index contributed by atoms with van der Waals surface area (Å²) < 4.78 is 10.3. The molecule has 2 heterocycles. The first-order chi connectivity index (χ1) is 19.7. The van der Waals surface area contributed by atoms with Gasteiger partial charge in [-0.2, -0.15) is 0 Å². The van der Waals surface area contributed by atoms with Crippen LogP contribution in [0, 0.1) is 11.8 Å². The zero-order chi connectivity index (χ0) is 29.6. The third-order valence-corrected chi connectivity index (χ3v) is 7.55. The molecular weight excluding hydrogens is 532 g/mol. The second kappa shape index (κ2) is 16.6. The number of rotatable bonds is 13. The molecule has 0 unspecified atom stereocenters. The van der Waals surface area contributed by atoms with Crippen LogP contribution in [0.3, 0.4) is 0 Å². The Bertz CT molecular complexity index is 1030. The molecule has 0 aromatic heterocycles. The van der Waals surface area contributed by atoms with E-state index in [1.165, 1.54) is 7.11 Å². The number of likely N-dealkylation sites (tertiary alicyclic amines) is 2. The van der Waals surface area contributed by atoms with Gasteiger partial charge in [0, 0.05) is 39.7 Å². The number of nitrogens with one attached hydrogen (secondary N) is 2. The zero-order valence-corrected chi connectivity index (χ0v) is 23.7. The lowest BCUT2D eigenvalue weighted by Crippen LogP contribution is -2.53. The van der Waals surface area contributed by atoms with Crippen LogP contribution in [0.5, 0.6) is 0 Å². The number of amides is 4. The van der Waals surface area contributed by atoms with Crippen molar-refractivity contribution in [2.75, 3.05) is 39.9 Å². The Hall–Kier alpha value is -3.67. The third kappa shape index (κ3) is 11.0. The van der Waals surface area contributed by atoms with E-state index in [4.69, 9.17) is 9.47 Å². The lowest BCUT2D eigenvalue weighted by molar-refractivity contribution is -0.138. The molecule has 2 fully saturated rings. The van der Waals surface area contributed by atoms with Gasteiger partial charge in [-0.05, 0) is 43.6 Å². The lowest BCUT2D eigenvalue weighted by Gasteiger charge is -2.34. The Morgan fingerprint density at radius 2 is 1.71 bits per heavy atom. The number of carboxylic acid groups (broad SMARTS) is 1. The van der Waals surface area contributed by atoms with E-state index in [2.05, 4.69) is 10.6 Å². The van der Waals surface area contributed by atoms with Crippen molar-refractivity contribution >= 4 is 29.8 Å². The Kier molecular flexibility index (Phi) is 12.9. The normalized spacial score (nSPS) is 18.3. The monoisotopic (exact) mass is 574 g/mol. The van der Waals surface area contributed by atoms with Gasteiger partial charge in [0.2, 0.25) is 17.7 Å². The Labute approximate surface area is 240 Å². The van der Waals surface area contributed by atoms with Gasteiger partial charge in [0.15, 0.2) is 0 Å². The maximum Gasteiger partial charge on any atom is 0.410 e. The second-order valence-corrected chi connectivity index (χ2v) is 10.7. The lowest BCUT2D eigenvalue weighted by atomic mass is 9.91. The maximum absolute atomic E-state index is 13.0. The van der Waals surface area contributed by atoms with Crippen molar-refractivity contribution in [1.29, 1.82) is 0 Å². The first-order valence-corrected chi connectivity index (χ1v) is 14.3. The summed E-state index contributed by atoms with van der Waals surface area (Å²) in [6.45, 7) is 2.44. The van der Waals surface area contributed by atoms with Gasteiger partial charge >= 0.3 is 12.1 Å². The maximum atomic E-state index is 13.0. The van der Waals surface area contributed by atoms with Gasteiger partial charge in [0.05, 0.1) is 25.4 Å². The molecule has 4 amide bonds. The van der Waals surface area contributed by atoms with Crippen LogP contribution < -0.4 is 10.6 Å². The molecule has 12 nitrogen and oxygen atoms in total. The molecule has 1 aromatic rings. The summed E-state index contributed by atoms with van der Waals surface area (Å²) in [5, 5.41) is 14.3. The number of benzene rings is 1. The molecule has 0 radical (unpaired) electrons. The third-order valence-electron chi connectivity index (χ3n) is 7.55. The molecule has 226 valence electrons. The molecule has 3 N–H and O–H groups in total. The molecule has 0 bridgehead atoms. The zero-order valence-electron chi connectivity index (χ0n) is 23.7. The van der Waals surface area contributed by atoms with E-state index in [0.29, 0.717) is 51.2 Å². The number of methoxy groups -OCH3 is 1. The Morgan fingerprint density at radius 3 is 2.39 bits per heavy atom. The minimum absolute atomic E-state index is 0.0119. The van der Waals surface area contributed by atoms with Crippen LogP contribution in [-0.2, 0) is 35.3 Å². The summed E-state index contributed by atoms with van der Waals surface area (Å²) >= 11 is 0. The molecule has 2 atom stereocenters. The summed E-state index contributed by atoms with van der Waals surface area (Å²) in [6.07, 6.45) is 2.16. The summed E-state index contributed by atoms with van der Waals surface area (Å²) in [6, 6.07) is 9.54. The van der Waals surface area contributed by atoms with Gasteiger partial charge in [-0.25, -0.2) is 4.79 Å². The molecule has 41 heavy (non-hydrogen) atoms. The van der Waals surface area contributed by atoms with E-state index in [0.717, 1.165) is 18.4 Å². The number of carboxylic acids is 1. The molecule has 0 spiro atoms. The average molecular weight is 575 g/mol. The van der Waals surface area contributed by atoms with Crippen molar-refractivity contribution in [3.8, 4) is 0 Å². The van der Waals surface area contributed by atoms with Gasteiger partial charge in [0.1, 0.15) is 12.8 Å². The topological polar surface area (TPSA) is 155 Å². The van der Waals surface area contributed by atoms with Crippen LogP contribution >= 0.6 is 0 Å². The van der Waals surface area contributed by atoms with Gasteiger partial charge in [-0.15, -0.1) is 0 Å². The second-order valence-electron chi connectivity index (χ2n) is 10.7. The highest BCUT2D eigenvalue weighted by Gasteiger charge is 2.31. The van der Waals surface area contributed by atoms with E-state index in [-0.39, 0.29) is 44.1 Å². The fourth-order valence-corrected chi connectivity index (χ4v) is 5.18. The van der Waals surface area contributed by atoms with Crippen molar-refractivity contribution in [3.05, 3.63) is 35.9 Å². The molecule has 2 aliphatic heterocycles. The van der Waals surface area contributed by atoms with Crippen LogP contribution in [-0.4, -0.2) is 90.8 Å². The first-order valence-electron chi connectivity index (χ1n) is 14.3. The minimum atomic E-state index is -1.15. The quantitative estimate of drug-likeness (QED) is 0.303. The average Bonchev–Trinajstić information content (AvgIpc) is 2.98. The number of carbonyl (C=O) groups is 5. The Balaban J connectivity index is 1.38. The van der Waals surface area contributed by atoms with Crippen molar-refractivity contribution in [1.82, 2.24) is 20.4 Å². The van der Waals surface area contributed by atoms with Crippen LogP contribution in [0.25, 0.3) is 0 Å². The Morgan fingerprint density at radius 1 is 0.976 bits per heavy atom. The number of piperidine rings is 2. The fourth-order valence-electron chi connectivity index (χ4n) is 5.18. The summed E-state index contributed by atoms with van der Waals surface area (Å²) in [5.74, 6) is -2.12. The molecular formula is C29H42N4O8. The van der Waals surface area contributed by atoms with E-state index in [1.807, 2.05) is 30.3 Å². The van der Waals surface area contributed by atoms with Crippen molar-refractivity contribution in [2.45, 2.75) is 64.1 Å². The highest BCUT2D eigenvalue weighted by Crippen LogP contribution is 2.24. The fraction of sp³-hybridized carbons (Fsp3) is 0.621. The standard InChI is InChI=1S/C29H42N4O8/c1-40-17-13-25(34)30-24(18-27(36)37)31-28(38)23-8-5-14-33(19-23)26(35)10-9-21-11-15-32(16-12-21)29(39)41-20-22-6-3-2-4-7-22/h2-4,6-7,21,23-24H,5,8-20H2,1H3,(H,30,34)(H,31,38)(H,36,37)/t23-,24+/m1/s1. The highest BCUT2D eigenvalue weighted by atomic mass is 16.6. The minimum Gasteiger partial charge on any atom is -0.481 e. The highest BCUT2D eigenvalue weighted by molar-refractivity contribution is 5.83. The summed E-state index contributed by atoms with van der Waals surface area (Å²) in [4.78, 5) is 65.0. The predicted molar refractivity (Wildman–Crippen MR) is 148 cm³/mol. The largest absolute Gasteiger partial charge is 0.481 e. The van der Waals surface area contributed by atoms with E-state index in [9.17, 15) is 29.1 Å². The SMILES string of the molecule is COCCC(=O)N[C@H](CC(=O)O)NC(=O)[C@@H]1CCCN(C(=O)CCC2CCN(C(=O)OCc3ccccc3)CC2)C1. The number of hydrogen-bond acceptors (Lipinski definition) is 7. The molecule has 0 saturated carbocycles. The molecule has 0 aliphatic carbocycles. The van der Waals surface area contributed by atoms with Crippen LogP contribution in [0.1, 0.15) is 56.9 Å². The van der Waals surface area contributed by atoms with Crippen molar-refractivity contribution in [2.24, 2.45) is 11.8 Å². The van der Waals surface area contributed by atoms with Gasteiger partial charge in [-0.3, -0.25) is 19.2 Å². The number of aliphatic carboxylic acids is 1. The smallest absolute Gasteiger partial charge is 0.410 e. The molecule has 12 heteroatoms. The summed E-state index contributed by atoms with van der Waals surface area (Å²) in [7, 11) is 1.45. The van der Waals surface area contributed by atoms with Crippen molar-refractivity contribution in [3.63, 3.8) is 0 Å². The van der Waals surface area contributed by atoms with Crippen LogP contribution in [0.2, 0.25) is 0 Å². The van der Waals surface area contributed by atoms with Gasteiger partial charge in [-0.1, -0.05) is 30.3 Å². The molecule has 2 aliphatic rings. The van der Waals surface area contributed by atoms with E-state index >= 15 is 0 Å². The number of hydrogen-bond donors (Lipinski definition) is 3. The van der Waals surface area contributed by atoms with E-state index in [1.54, 1.807) is 9.80 Å².